The molecule has 2 aromatic rings. The van der Waals surface area contributed by atoms with Gasteiger partial charge in [-0.3, -0.25) is 0 Å². The van der Waals surface area contributed by atoms with Gasteiger partial charge in [-0.05, 0) is 37.5 Å². The minimum Gasteiger partial charge on any atom is -0.476 e. The summed E-state index contributed by atoms with van der Waals surface area (Å²) in [6, 6.07) is 4.38. The normalized spacial score (nSPS) is 16.1. The Balaban J connectivity index is 1.91. The Morgan fingerprint density at radius 3 is 2.95 bits per heavy atom. The van der Waals surface area contributed by atoms with Crippen LogP contribution in [0.5, 0.6) is 0 Å². The Kier molecular flexibility index (Phi) is 3.44. The lowest BCUT2D eigenvalue weighted by Gasteiger charge is -2.10. The van der Waals surface area contributed by atoms with Crippen LogP contribution in [-0.4, -0.2) is 26.5 Å². The van der Waals surface area contributed by atoms with Gasteiger partial charge in [-0.1, -0.05) is 12.8 Å². The number of aryl methyl sites for hydroxylation is 1. The van der Waals surface area contributed by atoms with Crippen LogP contribution in [0.1, 0.15) is 47.6 Å². The molecule has 2 N–H and O–H groups in total. The minimum absolute atomic E-state index is 0.136. The predicted molar refractivity (Wildman–Crippen MR) is 76.0 cm³/mol. The van der Waals surface area contributed by atoms with E-state index in [1.807, 2.05) is 29.7 Å². The van der Waals surface area contributed by atoms with E-state index in [1.54, 1.807) is 0 Å². The largest absolute Gasteiger partial charge is 0.476 e. The van der Waals surface area contributed by atoms with Crippen LogP contribution in [0.3, 0.4) is 0 Å². The van der Waals surface area contributed by atoms with Crippen molar-refractivity contribution in [3.8, 4) is 0 Å². The number of aromatic nitrogens is 2. The lowest BCUT2D eigenvalue weighted by atomic mass is 10.2. The van der Waals surface area contributed by atoms with Crippen molar-refractivity contribution in [2.24, 2.45) is 0 Å². The molecule has 5 heteroatoms. The quantitative estimate of drug-likeness (QED) is 0.897. The number of aromatic carboxylic acids is 1. The molecule has 0 radical (unpaired) electrons. The highest BCUT2D eigenvalue weighted by atomic mass is 16.4. The summed E-state index contributed by atoms with van der Waals surface area (Å²) in [4.78, 5) is 15.6. The van der Waals surface area contributed by atoms with Gasteiger partial charge >= 0.3 is 5.97 Å². The Hall–Kier alpha value is -1.88. The summed E-state index contributed by atoms with van der Waals surface area (Å²) in [5.74, 6) is -0.204. The number of pyridine rings is 1. The smallest absolute Gasteiger partial charge is 0.356 e. The number of rotatable bonds is 4. The first kappa shape index (κ1) is 13.1. The molecule has 2 aromatic heterocycles. The Labute approximate surface area is 117 Å². The van der Waals surface area contributed by atoms with E-state index in [-0.39, 0.29) is 5.69 Å². The third-order valence-corrected chi connectivity index (χ3v) is 3.98. The van der Waals surface area contributed by atoms with Crippen molar-refractivity contribution in [1.29, 1.82) is 0 Å². The maximum absolute atomic E-state index is 11.3. The number of carboxylic acids is 1. The number of nitrogens with one attached hydrogen (secondary N) is 1. The molecule has 3 rings (SSSR count). The molecule has 1 aliphatic rings. The standard InChI is InChI=1S/C15H19N3O2/c1-10-6-7-18-12(8-10)14(15(19)20)17-13(18)9-16-11-4-2-3-5-11/h6-8,11,16H,2-5,9H2,1H3,(H,19,20). The zero-order valence-corrected chi connectivity index (χ0v) is 11.6. The van der Waals surface area contributed by atoms with Gasteiger partial charge in [0.05, 0.1) is 12.1 Å². The van der Waals surface area contributed by atoms with Crippen molar-refractivity contribution in [3.05, 3.63) is 35.4 Å². The van der Waals surface area contributed by atoms with Crippen molar-refractivity contribution in [3.63, 3.8) is 0 Å². The monoisotopic (exact) mass is 273 g/mol. The van der Waals surface area contributed by atoms with Gasteiger partial charge in [0.2, 0.25) is 0 Å². The van der Waals surface area contributed by atoms with Crippen molar-refractivity contribution in [2.75, 3.05) is 0 Å². The molecule has 1 saturated carbocycles. The lowest BCUT2D eigenvalue weighted by Crippen LogP contribution is -2.26. The van der Waals surface area contributed by atoms with Crippen LogP contribution in [0.15, 0.2) is 18.3 Å². The van der Waals surface area contributed by atoms with Gasteiger partial charge in [0, 0.05) is 12.2 Å². The van der Waals surface area contributed by atoms with E-state index in [4.69, 9.17) is 0 Å². The fourth-order valence-electron chi connectivity index (χ4n) is 2.90. The van der Waals surface area contributed by atoms with Gasteiger partial charge < -0.3 is 14.8 Å². The first-order valence-corrected chi connectivity index (χ1v) is 7.09. The van der Waals surface area contributed by atoms with Crippen LogP contribution >= 0.6 is 0 Å². The minimum atomic E-state index is -0.972. The lowest BCUT2D eigenvalue weighted by molar-refractivity contribution is 0.0693. The van der Waals surface area contributed by atoms with Crippen LogP contribution in [0.4, 0.5) is 0 Å². The maximum atomic E-state index is 11.3. The zero-order valence-electron chi connectivity index (χ0n) is 11.6. The second-order valence-corrected chi connectivity index (χ2v) is 5.50. The molecule has 1 fully saturated rings. The van der Waals surface area contributed by atoms with Crippen LogP contribution < -0.4 is 5.32 Å². The molecule has 0 aromatic carbocycles. The van der Waals surface area contributed by atoms with E-state index in [1.165, 1.54) is 25.7 Å². The Morgan fingerprint density at radius 2 is 2.25 bits per heavy atom. The van der Waals surface area contributed by atoms with E-state index >= 15 is 0 Å². The summed E-state index contributed by atoms with van der Waals surface area (Å²) < 4.78 is 1.87. The van der Waals surface area contributed by atoms with Crippen molar-refractivity contribution in [1.82, 2.24) is 14.7 Å². The Morgan fingerprint density at radius 1 is 1.50 bits per heavy atom. The number of nitrogens with zero attached hydrogens (tertiary/aromatic N) is 2. The molecule has 5 nitrogen and oxygen atoms in total. The van der Waals surface area contributed by atoms with Crippen LogP contribution in [0, 0.1) is 6.92 Å². The zero-order chi connectivity index (χ0) is 14.1. The van der Waals surface area contributed by atoms with Crippen molar-refractivity contribution < 1.29 is 9.90 Å². The molecule has 0 aliphatic heterocycles. The number of hydrogen-bond acceptors (Lipinski definition) is 3. The third kappa shape index (κ3) is 2.41. The number of fused-ring (bicyclic) bond motifs is 1. The van der Waals surface area contributed by atoms with Gasteiger partial charge in [0.25, 0.3) is 0 Å². The fraction of sp³-hybridized carbons (Fsp3) is 0.467. The van der Waals surface area contributed by atoms with E-state index < -0.39 is 5.97 Å². The summed E-state index contributed by atoms with van der Waals surface area (Å²) in [5, 5.41) is 12.8. The molecule has 106 valence electrons. The SMILES string of the molecule is Cc1ccn2c(CNC3CCCC3)nc(C(=O)O)c2c1. The molecule has 20 heavy (non-hydrogen) atoms. The Bertz CT molecular complexity index is 642. The van der Waals surface area contributed by atoms with Gasteiger partial charge in [-0.25, -0.2) is 9.78 Å². The average molecular weight is 273 g/mol. The summed E-state index contributed by atoms with van der Waals surface area (Å²) in [7, 11) is 0. The highest BCUT2D eigenvalue weighted by molar-refractivity contribution is 5.93. The van der Waals surface area contributed by atoms with E-state index in [2.05, 4.69) is 10.3 Å². The molecule has 0 bridgehead atoms. The van der Waals surface area contributed by atoms with Crippen LogP contribution in [0.25, 0.3) is 5.52 Å². The molecule has 0 spiro atoms. The number of imidazole rings is 1. The first-order valence-electron chi connectivity index (χ1n) is 7.09. The van der Waals surface area contributed by atoms with E-state index in [9.17, 15) is 9.90 Å². The molecule has 1 aliphatic carbocycles. The highest BCUT2D eigenvalue weighted by Gasteiger charge is 2.19. The van der Waals surface area contributed by atoms with Gasteiger partial charge in [-0.2, -0.15) is 0 Å². The average Bonchev–Trinajstić information content (AvgIpc) is 3.02. The van der Waals surface area contributed by atoms with Crippen molar-refractivity contribution >= 4 is 11.5 Å². The molecule has 0 amide bonds. The number of carbonyl (C=O) groups is 1. The maximum Gasteiger partial charge on any atom is 0.356 e. The van der Waals surface area contributed by atoms with E-state index in [0.29, 0.717) is 18.1 Å². The molecule has 0 atom stereocenters. The van der Waals surface area contributed by atoms with Crippen molar-refractivity contribution in [2.45, 2.75) is 45.2 Å². The summed E-state index contributed by atoms with van der Waals surface area (Å²) in [6.45, 7) is 2.57. The molecule has 0 saturated heterocycles. The predicted octanol–water partition coefficient (Wildman–Crippen LogP) is 2.37. The topological polar surface area (TPSA) is 66.6 Å². The van der Waals surface area contributed by atoms with Crippen LogP contribution in [-0.2, 0) is 6.54 Å². The second kappa shape index (κ2) is 5.25. The second-order valence-electron chi connectivity index (χ2n) is 5.50. The summed E-state index contributed by atoms with van der Waals surface area (Å²) >= 11 is 0. The summed E-state index contributed by atoms with van der Waals surface area (Å²) in [6.07, 6.45) is 6.86. The van der Waals surface area contributed by atoms with Gasteiger partial charge in [0.1, 0.15) is 5.82 Å². The molecule has 0 unspecified atom stereocenters. The molecular weight excluding hydrogens is 254 g/mol. The first-order chi connectivity index (χ1) is 9.65. The van der Waals surface area contributed by atoms with Gasteiger partial charge in [0.15, 0.2) is 5.69 Å². The van der Waals surface area contributed by atoms with E-state index in [0.717, 1.165) is 11.4 Å². The molecule has 2 heterocycles. The number of hydrogen-bond donors (Lipinski definition) is 2. The van der Waals surface area contributed by atoms with Gasteiger partial charge in [-0.15, -0.1) is 0 Å². The fourth-order valence-corrected chi connectivity index (χ4v) is 2.90. The third-order valence-electron chi connectivity index (χ3n) is 3.98. The summed E-state index contributed by atoms with van der Waals surface area (Å²) in [5.41, 5.74) is 1.84. The highest BCUT2D eigenvalue weighted by Crippen LogP contribution is 2.19. The molecular formula is C15H19N3O2. The van der Waals surface area contributed by atoms with Crippen LogP contribution in [0.2, 0.25) is 0 Å². The number of carboxylic acid groups (broad SMARTS) is 1.